The smallest absolute Gasteiger partial charge is 0.371 e. The van der Waals surface area contributed by atoms with Crippen molar-refractivity contribution in [3.05, 3.63) is 29.3 Å². The number of alkyl halides is 3. The highest BCUT2D eigenvalue weighted by atomic mass is 19.4. The molecule has 0 amide bonds. The van der Waals surface area contributed by atoms with Crippen LogP contribution in [0.3, 0.4) is 0 Å². The molecule has 2 aliphatic carbocycles. The zero-order valence-electron chi connectivity index (χ0n) is 12.0. The molecule has 116 valence electrons. The first-order valence-corrected chi connectivity index (χ1v) is 7.62. The molecule has 2 saturated carbocycles. The van der Waals surface area contributed by atoms with Gasteiger partial charge >= 0.3 is 6.18 Å². The van der Waals surface area contributed by atoms with Crippen molar-refractivity contribution in [2.24, 2.45) is 17.6 Å². The molecule has 0 radical (unpaired) electrons. The van der Waals surface area contributed by atoms with Gasteiger partial charge in [-0.3, -0.25) is 0 Å². The lowest BCUT2D eigenvalue weighted by Gasteiger charge is -2.27. The van der Waals surface area contributed by atoms with E-state index in [0.29, 0.717) is 17.4 Å². The van der Waals surface area contributed by atoms with Gasteiger partial charge in [0.15, 0.2) is 0 Å². The molecule has 0 aromatic heterocycles. The summed E-state index contributed by atoms with van der Waals surface area (Å²) < 4.78 is 38.5. The van der Waals surface area contributed by atoms with Gasteiger partial charge in [-0.15, -0.1) is 0 Å². The van der Waals surface area contributed by atoms with Gasteiger partial charge in [0.1, 0.15) is 0 Å². The highest BCUT2D eigenvalue weighted by molar-refractivity contribution is 5.56. The molecule has 0 heterocycles. The number of nitrogens with two attached hydrogens (primary N) is 1. The van der Waals surface area contributed by atoms with Crippen LogP contribution in [0, 0.1) is 11.8 Å². The number of nitrogens with zero attached hydrogens (tertiary/aromatic N) is 1. The van der Waals surface area contributed by atoms with E-state index in [-0.39, 0.29) is 6.54 Å². The molecule has 5 heteroatoms. The van der Waals surface area contributed by atoms with E-state index < -0.39 is 11.7 Å². The Hall–Kier alpha value is -1.23. The van der Waals surface area contributed by atoms with E-state index >= 15 is 0 Å². The van der Waals surface area contributed by atoms with E-state index in [1.54, 1.807) is 6.07 Å². The molecule has 2 fully saturated rings. The summed E-state index contributed by atoms with van der Waals surface area (Å²) in [7, 11) is 0. The molecule has 2 nitrogen and oxygen atoms in total. The van der Waals surface area contributed by atoms with Gasteiger partial charge in [0.2, 0.25) is 0 Å². The van der Waals surface area contributed by atoms with Gasteiger partial charge in [-0.2, -0.15) is 13.2 Å². The first kappa shape index (κ1) is 14.7. The summed E-state index contributed by atoms with van der Waals surface area (Å²) in [6.45, 7) is 2.05. The second kappa shape index (κ2) is 5.52. The molecule has 2 aliphatic rings. The lowest BCUT2D eigenvalue weighted by atomic mass is 10.1. The quantitative estimate of drug-likeness (QED) is 0.865. The highest BCUT2D eigenvalue weighted by Crippen LogP contribution is 2.38. The Labute approximate surface area is 123 Å². The zero-order valence-corrected chi connectivity index (χ0v) is 12.0. The van der Waals surface area contributed by atoms with E-state index in [9.17, 15) is 13.2 Å². The van der Waals surface area contributed by atoms with Crippen molar-refractivity contribution in [3.8, 4) is 0 Å². The van der Waals surface area contributed by atoms with Crippen LogP contribution in [0.25, 0.3) is 0 Å². The van der Waals surface area contributed by atoms with E-state index in [4.69, 9.17) is 5.73 Å². The third-order valence-corrected chi connectivity index (χ3v) is 4.32. The topological polar surface area (TPSA) is 29.3 Å². The molecule has 0 aliphatic heterocycles. The van der Waals surface area contributed by atoms with Crippen molar-refractivity contribution in [3.63, 3.8) is 0 Å². The first-order chi connectivity index (χ1) is 9.97. The Morgan fingerprint density at radius 3 is 2.05 bits per heavy atom. The Balaban J connectivity index is 1.85. The van der Waals surface area contributed by atoms with Crippen LogP contribution in [0.4, 0.5) is 18.9 Å². The van der Waals surface area contributed by atoms with Crippen molar-refractivity contribution < 1.29 is 13.2 Å². The number of rotatable bonds is 6. The fourth-order valence-corrected chi connectivity index (χ4v) is 2.73. The summed E-state index contributed by atoms with van der Waals surface area (Å²) in [6, 6.07) is 4.00. The van der Waals surface area contributed by atoms with Gasteiger partial charge in [0.05, 0.1) is 5.56 Å². The number of hydrogen-bond donors (Lipinski definition) is 1. The minimum Gasteiger partial charge on any atom is -0.371 e. The van der Waals surface area contributed by atoms with Gasteiger partial charge in [0, 0.05) is 25.3 Å². The van der Waals surface area contributed by atoms with Crippen molar-refractivity contribution in [1.29, 1.82) is 0 Å². The van der Waals surface area contributed by atoms with E-state index in [0.717, 1.165) is 18.8 Å². The largest absolute Gasteiger partial charge is 0.416 e. The van der Waals surface area contributed by atoms with E-state index in [2.05, 4.69) is 4.90 Å². The predicted octanol–water partition coefficient (Wildman–Crippen LogP) is 3.79. The van der Waals surface area contributed by atoms with Crippen molar-refractivity contribution in [2.45, 2.75) is 38.4 Å². The molecular weight excluding hydrogens is 277 g/mol. The molecule has 21 heavy (non-hydrogen) atoms. The second-order valence-electron chi connectivity index (χ2n) is 6.34. The lowest BCUT2D eigenvalue weighted by molar-refractivity contribution is -0.137. The van der Waals surface area contributed by atoms with Crippen LogP contribution < -0.4 is 10.6 Å². The number of hydrogen-bond acceptors (Lipinski definition) is 2. The maximum atomic E-state index is 12.8. The molecule has 1 aromatic rings. The molecule has 2 N–H and O–H groups in total. The van der Waals surface area contributed by atoms with E-state index in [1.165, 1.54) is 37.8 Å². The average Bonchev–Trinajstić information content (AvgIpc) is 3.31. The molecule has 1 aromatic carbocycles. The zero-order chi connectivity index (χ0) is 15.0. The average molecular weight is 298 g/mol. The molecule has 0 saturated heterocycles. The van der Waals surface area contributed by atoms with Crippen LogP contribution >= 0.6 is 0 Å². The third-order valence-electron chi connectivity index (χ3n) is 4.32. The number of benzene rings is 1. The van der Waals surface area contributed by atoms with Crippen molar-refractivity contribution in [2.75, 3.05) is 18.0 Å². The van der Waals surface area contributed by atoms with Crippen LogP contribution in [0.5, 0.6) is 0 Å². The monoisotopic (exact) mass is 298 g/mol. The highest BCUT2D eigenvalue weighted by Gasteiger charge is 2.33. The van der Waals surface area contributed by atoms with Gasteiger partial charge < -0.3 is 10.6 Å². The van der Waals surface area contributed by atoms with Crippen LogP contribution in [0.15, 0.2) is 18.2 Å². The van der Waals surface area contributed by atoms with Crippen LogP contribution in [0.2, 0.25) is 0 Å². The second-order valence-corrected chi connectivity index (χ2v) is 6.34. The van der Waals surface area contributed by atoms with Crippen LogP contribution in [-0.2, 0) is 12.7 Å². The van der Waals surface area contributed by atoms with Gasteiger partial charge in [0.25, 0.3) is 0 Å². The summed E-state index contributed by atoms with van der Waals surface area (Å²) in [5.41, 5.74) is 6.59. The van der Waals surface area contributed by atoms with Gasteiger partial charge in [-0.05, 0) is 61.3 Å². The molecule has 0 bridgehead atoms. The van der Waals surface area contributed by atoms with Crippen molar-refractivity contribution >= 4 is 5.69 Å². The molecular formula is C16H21F3N2. The van der Waals surface area contributed by atoms with E-state index in [1.807, 2.05) is 0 Å². The van der Waals surface area contributed by atoms with Crippen LogP contribution in [0.1, 0.15) is 36.8 Å². The van der Waals surface area contributed by atoms with Crippen LogP contribution in [-0.4, -0.2) is 13.1 Å². The lowest BCUT2D eigenvalue weighted by Crippen LogP contribution is -2.29. The van der Waals surface area contributed by atoms with Gasteiger partial charge in [-0.1, -0.05) is 0 Å². The maximum absolute atomic E-state index is 12.8. The summed E-state index contributed by atoms with van der Waals surface area (Å²) in [4.78, 5) is 2.26. The molecule has 0 spiro atoms. The summed E-state index contributed by atoms with van der Waals surface area (Å²) in [6.07, 6.45) is 0.638. The predicted molar refractivity (Wildman–Crippen MR) is 77.0 cm³/mol. The Morgan fingerprint density at radius 1 is 1.05 bits per heavy atom. The number of halogens is 3. The third kappa shape index (κ3) is 3.70. The summed E-state index contributed by atoms with van der Waals surface area (Å²) in [5, 5.41) is 0. The van der Waals surface area contributed by atoms with Gasteiger partial charge in [-0.25, -0.2) is 0 Å². The summed E-state index contributed by atoms with van der Waals surface area (Å²) >= 11 is 0. The fraction of sp³-hybridized carbons (Fsp3) is 0.625. The maximum Gasteiger partial charge on any atom is 0.416 e. The standard InChI is InChI=1S/C16H21F3N2/c17-16(18,19)14-5-6-15(13(7-14)8-20)21(9-11-1-2-11)10-12-3-4-12/h5-7,11-12H,1-4,8-10,20H2. The Morgan fingerprint density at radius 2 is 1.62 bits per heavy atom. The minimum absolute atomic E-state index is 0.144. The SMILES string of the molecule is NCc1cc(C(F)(F)F)ccc1N(CC1CC1)CC1CC1. The normalized spacial score (nSPS) is 18.9. The Bertz CT molecular complexity index is 491. The Kier molecular flexibility index (Phi) is 3.86. The minimum atomic E-state index is -4.31. The fourth-order valence-electron chi connectivity index (χ4n) is 2.73. The summed E-state index contributed by atoms with van der Waals surface area (Å²) in [5.74, 6) is 1.41. The molecule has 0 atom stereocenters. The van der Waals surface area contributed by atoms with Crippen molar-refractivity contribution in [1.82, 2.24) is 0 Å². The molecule has 3 rings (SSSR count). The molecule has 0 unspecified atom stereocenters. The first-order valence-electron chi connectivity index (χ1n) is 7.62. The number of anilines is 1.